The van der Waals surface area contributed by atoms with E-state index in [0.717, 1.165) is 18.5 Å². The molecular weight excluding hydrogens is 382 g/mol. The van der Waals surface area contributed by atoms with Crippen molar-refractivity contribution in [2.75, 3.05) is 31.8 Å². The number of nitrogens with zero attached hydrogens (tertiary/aromatic N) is 3. The number of aromatic nitrogens is 3. The van der Waals surface area contributed by atoms with Gasteiger partial charge in [-0.25, -0.2) is 9.97 Å². The van der Waals surface area contributed by atoms with E-state index in [1.165, 1.54) is 0 Å². The number of nitrogens with one attached hydrogen (secondary N) is 4. The second-order valence-corrected chi connectivity index (χ2v) is 7.07. The number of methoxy groups -OCH3 is 1. The molecule has 3 rings (SSSR count). The Morgan fingerprint density at radius 2 is 2.03 bits per heavy atom. The Hall–Kier alpha value is -3.38. The zero-order chi connectivity index (χ0) is 21.5. The smallest absolute Gasteiger partial charge is 0.237 e. The molecule has 1 aliphatic rings. The third-order valence-corrected chi connectivity index (χ3v) is 4.94. The van der Waals surface area contributed by atoms with Crippen LogP contribution in [0.1, 0.15) is 25.3 Å². The molecular formula is C21H27N7O2. The molecule has 0 unspecified atom stereocenters. The fourth-order valence-electron chi connectivity index (χ4n) is 2.89. The van der Waals surface area contributed by atoms with Gasteiger partial charge in [0.1, 0.15) is 0 Å². The van der Waals surface area contributed by atoms with Crippen LogP contribution in [-0.2, 0) is 4.79 Å². The highest BCUT2D eigenvalue weighted by molar-refractivity contribution is 5.81. The largest absolute Gasteiger partial charge is 0.481 e. The molecule has 0 aromatic carbocycles. The SMILES string of the molecule is CNc1ncc(C#C[C@H]2C[C@@H](NC(=O)[C@H](C)NC)C2)c(Nc2ccc(OC)nc2)n1. The predicted molar refractivity (Wildman–Crippen MR) is 116 cm³/mol. The molecule has 1 fully saturated rings. The lowest BCUT2D eigenvalue weighted by molar-refractivity contribution is -0.124. The van der Waals surface area contributed by atoms with Gasteiger partial charge in [-0.3, -0.25) is 4.79 Å². The summed E-state index contributed by atoms with van der Waals surface area (Å²) in [6.45, 7) is 1.84. The average Bonchev–Trinajstić information content (AvgIpc) is 2.75. The van der Waals surface area contributed by atoms with Gasteiger partial charge in [0.15, 0.2) is 5.82 Å². The molecule has 1 saturated carbocycles. The lowest BCUT2D eigenvalue weighted by atomic mass is 9.80. The molecule has 2 heterocycles. The van der Waals surface area contributed by atoms with Gasteiger partial charge in [0.2, 0.25) is 17.7 Å². The molecule has 0 saturated heterocycles. The fraction of sp³-hybridized carbons (Fsp3) is 0.429. The highest BCUT2D eigenvalue weighted by atomic mass is 16.5. The summed E-state index contributed by atoms with van der Waals surface area (Å²) in [6.07, 6.45) is 5.05. The molecule has 0 radical (unpaired) electrons. The van der Waals surface area contributed by atoms with Crippen LogP contribution < -0.4 is 26.0 Å². The minimum atomic E-state index is -0.195. The van der Waals surface area contributed by atoms with Gasteiger partial charge in [0.05, 0.1) is 36.8 Å². The van der Waals surface area contributed by atoms with E-state index in [-0.39, 0.29) is 23.9 Å². The number of rotatable bonds is 7. The summed E-state index contributed by atoms with van der Waals surface area (Å²) < 4.78 is 5.09. The highest BCUT2D eigenvalue weighted by Gasteiger charge is 2.29. The topological polar surface area (TPSA) is 113 Å². The maximum atomic E-state index is 11.9. The maximum Gasteiger partial charge on any atom is 0.237 e. The van der Waals surface area contributed by atoms with Crippen LogP contribution in [0.3, 0.4) is 0 Å². The van der Waals surface area contributed by atoms with Crippen molar-refractivity contribution in [2.24, 2.45) is 5.92 Å². The minimum Gasteiger partial charge on any atom is -0.481 e. The first-order valence-corrected chi connectivity index (χ1v) is 9.83. The van der Waals surface area contributed by atoms with Gasteiger partial charge in [-0.2, -0.15) is 4.98 Å². The van der Waals surface area contributed by atoms with Crippen molar-refractivity contribution < 1.29 is 9.53 Å². The minimum absolute atomic E-state index is 0.0181. The molecule has 1 atom stereocenters. The molecule has 0 aliphatic heterocycles. The van der Waals surface area contributed by atoms with Gasteiger partial charge in [-0.15, -0.1) is 0 Å². The van der Waals surface area contributed by atoms with Gasteiger partial charge >= 0.3 is 0 Å². The van der Waals surface area contributed by atoms with Crippen LogP contribution in [-0.4, -0.2) is 54.1 Å². The lowest BCUT2D eigenvalue weighted by Crippen LogP contribution is -2.49. The van der Waals surface area contributed by atoms with E-state index in [1.807, 2.05) is 13.0 Å². The number of hydrogen-bond acceptors (Lipinski definition) is 8. The number of ether oxygens (including phenoxy) is 1. The van der Waals surface area contributed by atoms with E-state index < -0.39 is 0 Å². The highest BCUT2D eigenvalue weighted by Crippen LogP contribution is 2.27. The van der Waals surface area contributed by atoms with Crippen LogP contribution in [0.25, 0.3) is 0 Å². The standard InChI is InChI=1S/C21H27N7O2/c1-13(22-2)20(29)27-17-9-14(10-17)5-6-15-11-25-21(23-3)28-19(15)26-16-7-8-18(30-4)24-12-16/h7-8,11-14,17,22H,9-10H2,1-4H3,(H,27,29)(H2,23,25,26,28)/t13-,14-,17+/m0/s1. The molecule has 0 spiro atoms. The van der Waals surface area contributed by atoms with Crippen molar-refractivity contribution >= 4 is 23.4 Å². The third kappa shape index (κ3) is 5.36. The first-order chi connectivity index (χ1) is 14.5. The number of carbonyl (C=O) groups is 1. The van der Waals surface area contributed by atoms with Crippen LogP contribution in [0.2, 0.25) is 0 Å². The number of anilines is 3. The van der Waals surface area contributed by atoms with Crippen molar-refractivity contribution in [3.63, 3.8) is 0 Å². The first kappa shape index (κ1) is 21.3. The van der Waals surface area contributed by atoms with Crippen LogP contribution in [0, 0.1) is 17.8 Å². The molecule has 4 N–H and O–H groups in total. The van der Waals surface area contributed by atoms with Crippen LogP contribution in [0.15, 0.2) is 24.5 Å². The van der Waals surface area contributed by atoms with Crippen LogP contribution in [0.4, 0.5) is 17.5 Å². The van der Waals surface area contributed by atoms with Crippen molar-refractivity contribution in [3.8, 4) is 17.7 Å². The van der Waals surface area contributed by atoms with E-state index in [9.17, 15) is 4.79 Å². The second-order valence-electron chi connectivity index (χ2n) is 7.07. The zero-order valence-electron chi connectivity index (χ0n) is 17.6. The number of amides is 1. The van der Waals surface area contributed by atoms with E-state index in [2.05, 4.69) is 48.1 Å². The van der Waals surface area contributed by atoms with Gasteiger partial charge < -0.3 is 26.0 Å². The Balaban J connectivity index is 1.66. The molecule has 1 amide bonds. The third-order valence-electron chi connectivity index (χ3n) is 4.94. The Labute approximate surface area is 176 Å². The molecule has 0 bridgehead atoms. The number of carbonyl (C=O) groups excluding carboxylic acids is 1. The maximum absolute atomic E-state index is 11.9. The fourth-order valence-corrected chi connectivity index (χ4v) is 2.89. The number of hydrogen-bond donors (Lipinski definition) is 4. The van der Waals surface area contributed by atoms with Gasteiger partial charge in [-0.05, 0) is 32.9 Å². The number of likely N-dealkylation sites (N-methyl/N-ethyl adjacent to an activating group) is 1. The van der Waals surface area contributed by atoms with Crippen molar-refractivity contribution in [1.29, 1.82) is 0 Å². The number of pyridine rings is 1. The second kappa shape index (κ2) is 9.89. The summed E-state index contributed by atoms with van der Waals surface area (Å²) in [5.74, 6) is 8.34. The summed E-state index contributed by atoms with van der Waals surface area (Å²) in [5.41, 5.74) is 1.46. The van der Waals surface area contributed by atoms with Crippen LogP contribution in [0.5, 0.6) is 5.88 Å². The van der Waals surface area contributed by atoms with E-state index in [1.54, 1.807) is 39.7 Å². The Kier molecular flexibility index (Phi) is 7.03. The van der Waals surface area contributed by atoms with E-state index >= 15 is 0 Å². The molecule has 1 aliphatic carbocycles. The summed E-state index contributed by atoms with van der Waals surface area (Å²) in [5, 5.41) is 12.1. The molecule has 158 valence electrons. The average molecular weight is 409 g/mol. The molecule has 9 heteroatoms. The van der Waals surface area contributed by atoms with Gasteiger partial charge in [0.25, 0.3) is 0 Å². The molecule has 2 aromatic rings. The summed E-state index contributed by atoms with van der Waals surface area (Å²) >= 11 is 0. The quantitative estimate of drug-likeness (QED) is 0.509. The van der Waals surface area contributed by atoms with E-state index in [0.29, 0.717) is 23.2 Å². The predicted octanol–water partition coefficient (Wildman–Crippen LogP) is 1.52. The van der Waals surface area contributed by atoms with Crippen molar-refractivity contribution in [2.45, 2.75) is 31.8 Å². The normalized spacial score (nSPS) is 18.3. The summed E-state index contributed by atoms with van der Waals surface area (Å²) in [6, 6.07) is 3.61. The van der Waals surface area contributed by atoms with E-state index in [4.69, 9.17) is 4.74 Å². The Bertz CT molecular complexity index is 931. The Morgan fingerprint density at radius 1 is 1.23 bits per heavy atom. The van der Waals surface area contributed by atoms with Crippen molar-refractivity contribution in [3.05, 3.63) is 30.1 Å². The van der Waals surface area contributed by atoms with Crippen LogP contribution >= 0.6 is 0 Å². The Morgan fingerprint density at radius 3 is 2.67 bits per heavy atom. The molecule has 30 heavy (non-hydrogen) atoms. The van der Waals surface area contributed by atoms with Gasteiger partial charge in [-0.1, -0.05) is 11.8 Å². The lowest BCUT2D eigenvalue weighted by Gasteiger charge is -2.33. The van der Waals surface area contributed by atoms with Crippen molar-refractivity contribution in [1.82, 2.24) is 25.6 Å². The monoisotopic (exact) mass is 409 g/mol. The summed E-state index contributed by atoms with van der Waals surface area (Å²) in [4.78, 5) is 24.9. The summed E-state index contributed by atoms with van der Waals surface area (Å²) in [7, 11) is 5.11. The molecule has 9 nitrogen and oxygen atoms in total. The van der Waals surface area contributed by atoms with Gasteiger partial charge in [0, 0.05) is 25.1 Å². The first-order valence-electron chi connectivity index (χ1n) is 9.83. The zero-order valence-corrected chi connectivity index (χ0v) is 17.6. The molecule has 2 aromatic heterocycles.